The van der Waals surface area contributed by atoms with Crippen molar-refractivity contribution in [3.05, 3.63) is 70.5 Å². The first kappa shape index (κ1) is 12.6. The van der Waals surface area contributed by atoms with Gasteiger partial charge in [0.25, 0.3) is 0 Å². The van der Waals surface area contributed by atoms with E-state index >= 15 is 0 Å². The van der Waals surface area contributed by atoms with Crippen molar-refractivity contribution in [1.82, 2.24) is 0 Å². The lowest BCUT2D eigenvalue weighted by atomic mass is 10.0. The molecule has 0 aliphatic carbocycles. The highest BCUT2D eigenvalue weighted by atomic mass is 79.9. The van der Waals surface area contributed by atoms with Gasteiger partial charge in [-0.25, -0.2) is 4.39 Å². The van der Waals surface area contributed by atoms with Gasteiger partial charge in [0.05, 0.1) is 0 Å². The van der Waals surface area contributed by atoms with Crippen LogP contribution in [0.15, 0.2) is 48.5 Å². The van der Waals surface area contributed by atoms with Crippen molar-refractivity contribution in [2.24, 2.45) is 0 Å². The van der Waals surface area contributed by atoms with Gasteiger partial charge < -0.3 is 0 Å². The van der Waals surface area contributed by atoms with Crippen LogP contribution in [0.3, 0.4) is 0 Å². The molecule has 0 spiro atoms. The largest absolute Gasteiger partial charge is 0.207 e. The molecule has 0 amide bonds. The van der Waals surface area contributed by atoms with Gasteiger partial charge in [-0.1, -0.05) is 51.8 Å². The monoisotopic (exact) mass is 312 g/mol. The summed E-state index contributed by atoms with van der Waals surface area (Å²) in [6.07, 6.45) is 0.850. The molecule has 0 aliphatic heterocycles. The maximum atomic E-state index is 12.8. The number of hydrogen-bond acceptors (Lipinski definition) is 0. The van der Waals surface area contributed by atoms with Crippen molar-refractivity contribution in [2.45, 2.75) is 11.2 Å². The zero-order chi connectivity index (χ0) is 12.3. The molecule has 0 bridgehead atoms. The first-order valence-electron chi connectivity index (χ1n) is 5.29. The summed E-state index contributed by atoms with van der Waals surface area (Å²) in [6.45, 7) is 0. The molecular formula is C14H11BrClF. The van der Waals surface area contributed by atoms with E-state index in [-0.39, 0.29) is 10.6 Å². The predicted octanol–water partition coefficient (Wildman–Crippen LogP) is 5.16. The predicted molar refractivity (Wildman–Crippen MR) is 73.2 cm³/mol. The minimum atomic E-state index is -0.208. The van der Waals surface area contributed by atoms with Crippen LogP contribution in [0.4, 0.5) is 4.39 Å². The first-order chi connectivity index (χ1) is 8.15. The summed E-state index contributed by atoms with van der Waals surface area (Å²) in [6, 6.07) is 14.3. The van der Waals surface area contributed by atoms with Crippen molar-refractivity contribution in [1.29, 1.82) is 0 Å². The highest BCUT2D eigenvalue weighted by molar-refractivity contribution is 9.09. The summed E-state index contributed by atoms with van der Waals surface area (Å²) in [5.74, 6) is -0.208. The Morgan fingerprint density at radius 1 is 1.00 bits per heavy atom. The molecule has 0 radical (unpaired) electrons. The SMILES string of the molecule is Fc1ccc(C(Br)Cc2ccc(Cl)cc2)cc1. The molecule has 0 aliphatic rings. The molecule has 1 atom stereocenters. The zero-order valence-corrected chi connectivity index (χ0v) is 11.4. The Balaban J connectivity index is 2.08. The number of hydrogen-bond donors (Lipinski definition) is 0. The van der Waals surface area contributed by atoms with Crippen LogP contribution in [-0.2, 0) is 6.42 Å². The summed E-state index contributed by atoms with van der Waals surface area (Å²) < 4.78 is 12.8. The second kappa shape index (κ2) is 5.65. The van der Waals surface area contributed by atoms with Crippen LogP contribution < -0.4 is 0 Å². The van der Waals surface area contributed by atoms with Crippen molar-refractivity contribution in [3.63, 3.8) is 0 Å². The number of benzene rings is 2. The third-order valence-electron chi connectivity index (χ3n) is 2.56. The quantitative estimate of drug-likeness (QED) is 0.687. The zero-order valence-electron chi connectivity index (χ0n) is 9.04. The van der Waals surface area contributed by atoms with Gasteiger partial charge in [-0.3, -0.25) is 0 Å². The van der Waals surface area contributed by atoms with Crippen LogP contribution in [-0.4, -0.2) is 0 Å². The average molecular weight is 314 g/mol. The molecule has 2 rings (SSSR count). The molecule has 0 fully saturated rings. The minimum absolute atomic E-state index is 0.185. The van der Waals surface area contributed by atoms with E-state index < -0.39 is 0 Å². The van der Waals surface area contributed by atoms with Crippen molar-refractivity contribution < 1.29 is 4.39 Å². The fourth-order valence-corrected chi connectivity index (χ4v) is 2.42. The van der Waals surface area contributed by atoms with Crippen molar-refractivity contribution in [2.75, 3.05) is 0 Å². The number of halogens is 3. The Morgan fingerprint density at radius 2 is 1.59 bits per heavy atom. The van der Waals surface area contributed by atoms with Gasteiger partial charge in [0.2, 0.25) is 0 Å². The van der Waals surface area contributed by atoms with E-state index in [0.29, 0.717) is 0 Å². The molecule has 0 saturated carbocycles. The van der Waals surface area contributed by atoms with Crippen molar-refractivity contribution >= 4 is 27.5 Å². The van der Waals surface area contributed by atoms with Crippen LogP contribution in [0.1, 0.15) is 16.0 Å². The highest BCUT2D eigenvalue weighted by Gasteiger charge is 2.08. The lowest BCUT2D eigenvalue weighted by Crippen LogP contribution is -1.95. The Labute approximate surface area is 114 Å². The number of rotatable bonds is 3. The summed E-state index contributed by atoms with van der Waals surface area (Å²) in [5.41, 5.74) is 2.27. The van der Waals surface area contributed by atoms with Crippen LogP contribution >= 0.6 is 27.5 Å². The topological polar surface area (TPSA) is 0 Å². The second-order valence-electron chi connectivity index (χ2n) is 3.85. The van der Waals surface area contributed by atoms with Gasteiger partial charge in [-0.05, 0) is 41.8 Å². The molecule has 2 aromatic rings. The van der Waals surface area contributed by atoms with E-state index in [9.17, 15) is 4.39 Å². The van der Waals surface area contributed by atoms with Gasteiger partial charge in [-0.15, -0.1) is 0 Å². The second-order valence-corrected chi connectivity index (χ2v) is 5.39. The molecule has 0 heterocycles. The Hall–Kier alpha value is -0.860. The Bertz CT molecular complexity index is 479. The standard InChI is InChI=1S/C14H11BrClF/c15-14(11-3-7-13(17)8-4-11)9-10-1-5-12(16)6-2-10/h1-8,14H,9H2. The lowest BCUT2D eigenvalue weighted by Gasteiger charge is -2.10. The molecule has 0 aromatic heterocycles. The smallest absolute Gasteiger partial charge is 0.123 e. The van der Waals surface area contributed by atoms with Gasteiger partial charge in [0.15, 0.2) is 0 Å². The first-order valence-corrected chi connectivity index (χ1v) is 6.58. The fraction of sp³-hybridized carbons (Fsp3) is 0.143. The van der Waals surface area contributed by atoms with E-state index in [0.717, 1.165) is 17.0 Å². The minimum Gasteiger partial charge on any atom is -0.207 e. The third-order valence-corrected chi connectivity index (χ3v) is 3.66. The van der Waals surface area contributed by atoms with E-state index in [2.05, 4.69) is 15.9 Å². The molecule has 0 N–H and O–H groups in total. The number of alkyl halides is 1. The van der Waals surface area contributed by atoms with E-state index in [1.807, 2.05) is 24.3 Å². The van der Waals surface area contributed by atoms with Gasteiger partial charge in [0.1, 0.15) is 5.82 Å². The fourth-order valence-electron chi connectivity index (χ4n) is 1.62. The van der Waals surface area contributed by atoms with Crippen LogP contribution in [0.5, 0.6) is 0 Å². The van der Waals surface area contributed by atoms with E-state index in [1.165, 1.54) is 17.7 Å². The average Bonchev–Trinajstić information content (AvgIpc) is 2.33. The summed E-state index contributed by atoms with van der Waals surface area (Å²) in [4.78, 5) is 0.185. The lowest BCUT2D eigenvalue weighted by molar-refractivity contribution is 0.627. The molecule has 0 nitrogen and oxygen atoms in total. The summed E-state index contributed by atoms with van der Waals surface area (Å²) in [7, 11) is 0. The van der Waals surface area contributed by atoms with Crippen LogP contribution in [0.2, 0.25) is 5.02 Å². The maximum Gasteiger partial charge on any atom is 0.123 e. The molecular weight excluding hydrogens is 303 g/mol. The van der Waals surface area contributed by atoms with E-state index in [4.69, 9.17) is 11.6 Å². The van der Waals surface area contributed by atoms with Crippen molar-refractivity contribution in [3.8, 4) is 0 Å². The maximum absolute atomic E-state index is 12.8. The highest BCUT2D eigenvalue weighted by Crippen LogP contribution is 2.27. The van der Waals surface area contributed by atoms with Gasteiger partial charge >= 0.3 is 0 Å². The molecule has 88 valence electrons. The molecule has 0 saturated heterocycles. The molecule has 17 heavy (non-hydrogen) atoms. The Kier molecular flexibility index (Phi) is 4.19. The van der Waals surface area contributed by atoms with Crippen LogP contribution in [0.25, 0.3) is 0 Å². The third kappa shape index (κ3) is 3.55. The van der Waals surface area contributed by atoms with E-state index in [1.54, 1.807) is 12.1 Å². The molecule has 2 aromatic carbocycles. The summed E-state index contributed by atoms with van der Waals surface area (Å²) >= 11 is 9.44. The van der Waals surface area contributed by atoms with Gasteiger partial charge in [-0.2, -0.15) is 0 Å². The molecule has 1 unspecified atom stereocenters. The Morgan fingerprint density at radius 3 is 2.18 bits per heavy atom. The normalized spacial score (nSPS) is 12.4. The molecule has 3 heteroatoms. The van der Waals surface area contributed by atoms with Crippen LogP contribution in [0, 0.1) is 5.82 Å². The summed E-state index contributed by atoms with van der Waals surface area (Å²) in [5, 5.41) is 0.738. The van der Waals surface area contributed by atoms with Gasteiger partial charge in [0, 0.05) is 9.85 Å².